The number of halogens is 3. The van der Waals surface area contributed by atoms with Gasteiger partial charge in [-0.1, -0.05) is 6.07 Å². The number of pyridine rings is 1. The number of fused-ring (bicyclic) bond motifs is 1. The number of anilines is 3. The zero-order valence-corrected chi connectivity index (χ0v) is 21.8. The summed E-state index contributed by atoms with van der Waals surface area (Å²) < 4.78 is 19.8. The second kappa shape index (κ2) is 11.2. The predicted molar refractivity (Wildman–Crippen MR) is 145 cm³/mol. The van der Waals surface area contributed by atoms with Crippen LogP contribution in [0.3, 0.4) is 0 Å². The Morgan fingerprint density at radius 2 is 1.86 bits per heavy atom. The molecule has 1 aliphatic rings. The van der Waals surface area contributed by atoms with Gasteiger partial charge < -0.3 is 25.3 Å². The number of nitrogens with zero attached hydrogens (tertiary/aromatic N) is 3. The summed E-state index contributed by atoms with van der Waals surface area (Å²) in [5.74, 6) is 1.46. The molecule has 0 bridgehead atoms. The van der Waals surface area contributed by atoms with E-state index in [9.17, 15) is 9.18 Å². The van der Waals surface area contributed by atoms with Gasteiger partial charge in [0.2, 0.25) is 5.95 Å². The van der Waals surface area contributed by atoms with Crippen molar-refractivity contribution in [3.63, 3.8) is 0 Å². The van der Waals surface area contributed by atoms with Crippen molar-refractivity contribution in [3.8, 4) is 11.5 Å². The summed E-state index contributed by atoms with van der Waals surface area (Å²) in [5.41, 5.74) is 0.941. The summed E-state index contributed by atoms with van der Waals surface area (Å²) in [6.45, 7) is 2.01. The summed E-state index contributed by atoms with van der Waals surface area (Å²) in [6.07, 6.45) is 3.56. The summed E-state index contributed by atoms with van der Waals surface area (Å²) in [6, 6.07) is 13.3. The lowest BCUT2D eigenvalue weighted by Gasteiger charge is -2.29. The van der Waals surface area contributed by atoms with Gasteiger partial charge in [-0.25, -0.2) is 9.37 Å². The van der Waals surface area contributed by atoms with Crippen molar-refractivity contribution in [3.05, 3.63) is 75.4 Å². The van der Waals surface area contributed by atoms with Crippen molar-refractivity contribution in [1.29, 1.82) is 0 Å². The molecule has 4 aromatic rings. The van der Waals surface area contributed by atoms with Crippen molar-refractivity contribution in [2.24, 2.45) is 0 Å². The fraction of sp³-hybridized carbons (Fsp3) is 0.240. The van der Waals surface area contributed by atoms with Gasteiger partial charge in [0.15, 0.2) is 0 Å². The lowest BCUT2D eigenvalue weighted by Crippen LogP contribution is -2.37. The van der Waals surface area contributed by atoms with E-state index in [1.54, 1.807) is 42.6 Å². The molecular formula is C25H25BrClFN6O2. The van der Waals surface area contributed by atoms with Gasteiger partial charge in [0.25, 0.3) is 5.56 Å². The van der Waals surface area contributed by atoms with Crippen LogP contribution in [0.1, 0.15) is 12.8 Å². The van der Waals surface area contributed by atoms with Gasteiger partial charge >= 0.3 is 0 Å². The molecule has 2 aromatic carbocycles. The molecule has 5 rings (SSSR count). The van der Waals surface area contributed by atoms with E-state index in [1.807, 2.05) is 0 Å². The molecule has 0 amide bonds. The van der Waals surface area contributed by atoms with Crippen LogP contribution in [0, 0.1) is 5.82 Å². The highest BCUT2D eigenvalue weighted by Crippen LogP contribution is 2.29. The van der Waals surface area contributed by atoms with Crippen LogP contribution in [-0.4, -0.2) is 46.0 Å². The largest absolute Gasteiger partial charge is 0.457 e. The van der Waals surface area contributed by atoms with E-state index in [0.717, 1.165) is 25.9 Å². The van der Waals surface area contributed by atoms with E-state index in [0.29, 0.717) is 44.3 Å². The number of piperidine rings is 1. The highest BCUT2D eigenvalue weighted by molar-refractivity contribution is 9.10. The fourth-order valence-corrected chi connectivity index (χ4v) is 4.42. The van der Waals surface area contributed by atoms with Crippen LogP contribution in [0.2, 0.25) is 0 Å². The first-order chi connectivity index (χ1) is 16.9. The van der Waals surface area contributed by atoms with Crippen LogP contribution in [-0.2, 0) is 0 Å². The molecule has 8 nitrogen and oxygen atoms in total. The van der Waals surface area contributed by atoms with E-state index in [2.05, 4.69) is 53.5 Å². The lowest BCUT2D eigenvalue weighted by atomic mass is 10.1. The van der Waals surface area contributed by atoms with Crippen molar-refractivity contribution < 1.29 is 9.13 Å². The molecule has 2 aromatic heterocycles. The average molecular weight is 576 g/mol. The first-order valence-corrected chi connectivity index (χ1v) is 12.1. The van der Waals surface area contributed by atoms with Gasteiger partial charge in [-0.2, -0.15) is 4.98 Å². The molecule has 0 radical (unpaired) electrons. The first kappa shape index (κ1) is 25.9. The van der Waals surface area contributed by atoms with Crippen LogP contribution in [0.25, 0.3) is 10.9 Å². The van der Waals surface area contributed by atoms with Gasteiger partial charge in [0.05, 0.1) is 9.99 Å². The summed E-state index contributed by atoms with van der Waals surface area (Å²) >= 11 is 3.50. The Hall–Kier alpha value is -3.21. The summed E-state index contributed by atoms with van der Waals surface area (Å²) in [5, 5.41) is 7.03. The number of likely N-dealkylation sites (tertiary alicyclic amines) is 1. The van der Waals surface area contributed by atoms with Crippen molar-refractivity contribution in [2.75, 3.05) is 30.8 Å². The Morgan fingerprint density at radius 1 is 1.11 bits per heavy atom. The topological polar surface area (TPSA) is 95.2 Å². The first-order valence-electron chi connectivity index (χ1n) is 11.3. The quantitative estimate of drug-likeness (QED) is 0.272. The number of aromatic nitrogens is 3. The van der Waals surface area contributed by atoms with Crippen molar-refractivity contribution in [2.45, 2.75) is 18.9 Å². The third-order valence-electron chi connectivity index (χ3n) is 5.89. The molecule has 0 spiro atoms. The smallest absolute Gasteiger partial charge is 0.261 e. The fourth-order valence-electron chi connectivity index (χ4n) is 4.02. The van der Waals surface area contributed by atoms with Gasteiger partial charge in [-0.15, -0.1) is 12.4 Å². The van der Waals surface area contributed by atoms with E-state index in [1.165, 1.54) is 12.1 Å². The minimum absolute atomic E-state index is 0. The number of nitrogens with one attached hydrogen (secondary N) is 3. The van der Waals surface area contributed by atoms with Gasteiger partial charge in [0.1, 0.15) is 28.5 Å². The molecule has 0 unspecified atom stereocenters. The van der Waals surface area contributed by atoms with Crippen LogP contribution < -0.4 is 20.9 Å². The highest BCUT2D eigenvalue weighted by Gasteiger charge is 2.20. The Morgan fingerprint density at radius 3 is 2.58 bits per heavy atom. The minimum Gasteiger partial charge on any atom is -0.457 e. The number of ether oxygens (including phenoxy) is 1. The van der Waals surface area contributed by atoms with Crippen molar-refractivity contribution in [1.82, 2.24) is 19.9 Å². The minimum atomic E-state index is -0.363. The van der Waals surface area contributed by atoms with Crippen molar-refractivity contribution >= 4 is 56.7 Å². The number of H-pyrrole nitrogens is 1. The number of hydrogen-bond acceptors (Lipinski definition) is 7. The molecular weight excluding hydrogens is 551 g/mol. The standard InChI is InChI=1S/C25H24BrFN6O2.ClH/c1-33-11-9-17(10-12-33)30-25-31-22-20(26)14-28-24(34)21(22)23(32-25)29-16-5-7-18(8-6-16)35-19-4-2-3-15(27)13-19;/h2-8,13-14,17H,9-12H2,1H3,(H,28,34)(H2,29,30,31,32);1H. The maximum atomic E-state index is 13.4. The molecule has 0 atom stereocenters. The van der Waals surface area contributed by atoms with Gasteiger partial charge in [0, 0.05) is 24.0 Å². The second-order valence-corrected chi connectivity index (χ2v) is 9.37. The van der Waals surface area contributed by atoms with Gasteiger partial charge in [-0.05, 0) is 85.3 Å². The molecule has 1 fully saturated rings. The Kier molecular flexibility index (Phi) is 8.07. The molecule has 11 heteroatoms. The molecule has 36 heavy (non-hydrogen) atoms. The van der Waals surface area contributed by atoms with E-state index >= 15 is 0 Å². The van der Waals surface area contributed by atoms with E-state index < -0.39 is 0 Å². The lowest BCUT2D eigenvalue weighted by molar-refractivity contribution is 0.263. The predicted octanol–water partition coefficient (Wildman–Crippen LogP) is 5.68. The normalized spacial score (nSPS) is 14.3. The second-order valence-electron chi connectivity index (χ2n) is 8.52. The maximum Gasteiger partial charge on any atom is 0.261 e. The Labute approximate surface area is 221 Å². The SMILES string of the molecule is CN1CCC(Nc2nc(Nc3ccc(Oc4cccc(F)c4)cc3)c3c(=O)[nH]cc(Br)c3n2)CC1.Cl. The number of rotatable bonds is 6. The molecule has 3 heterocycles. The molecule has 1 saturated heterocycles. The molecule has 0 aliphatic carbocycles. The highest BCUT2D eigenvalue weighted by atomic mass is 79.9. The maximum absolute atomic E-state index is 13.4. The van der Waals surface area contributed by atoms with Crippen LogP contribution in [0.15, 0.2) is 64.0 Å². The van der Waals surface area contributed by atoms with Crippen LogP contribution >= 0.6 is 28.3 Å². The number of aromatic amines is 1. The van der Waals surface area contributed by atoms with Crippen LogP contribution in [0.4, 0.5) is 21.8 Å². The summed E-state index contributed by atoms with van der Waals surface area (Å²) in [7, 11) is 2.11. The zero-order valence-electron chi connectivity index (χ0n) is 19.4. The molecule has 188 valence electrons. The Balaban J connectivity index is 0.00000304. The Bertz CT molecular complexity index is 1410. The molecule has 3 N–H and O–H groups in total. The third kappa shape index (κ3) is 5.95. The number of hydrogen-bond donors (Lipinski definition) is 3. The third-order valence-corrected chi connectivity index (χ3v) is 6.50. The molecule has 0 saturated carbocycles. The zero-order chi connectivity index (χ0) is 24.4. The summed E-state index contributed by atoms with van der Waals surface area (Å²) in [4.78, 5) is 27.0. The molecule has 1 aliphatic heterocycles. The van der Waals surface area contributed by atoms with Crippen LogP contribution in [0.5, 0.6) is 11.5 Å². The van der Waals surface area contributed by atoms with E-state index in [4.69, 9.17) is 4.74 Å². The van der Waals surface area contributed by atoms with E-state index in [-0.39, 0.29) is 29.8 Å². The number of benzene rings is 2. The van der Waals surface area contributed by atoms with Gasteiger partial charge in [-0.3, -0.25) is 4.79 Å². The monoisotopic (exact) mass is 574 g/mol. The average Bonchev–Trinajstić information content (AvgIpc) is 2.84.